The number of hydrogen-bond acceptors (Lipinski definition) is 2. The van der Waals surface area contributed by atoms with Gasteiger partial charge in [-0.25, -0.2) is 0 Å². The minimum Gasteiger partial charge on any atom is -0.481 e. The summed E-state index contributed by atoms with van der Waals surface area (Å²) in [5.41, 5.74) is -0.0977. The van der Waals surface area contributed by atoms with E-state index in [9.17, 15) is 4.79 Å². The Bertz CT molecular complexity index is 201. The van der Waals surface area contributed by atoms with Crippen molar-refractivity contribution in [1.29, 1.82) is 0 Å². The first kappa shape index (κ1) is 9.52. The first-order valence-corrected chi connectivity index (χ1v) is 4.34. The van der Waals surface area contributed by atoms with Crippen LogP contribution in [0.1, 0.15) is 40.0 Å². The van der Waals surface area contributed by atoms with E-state index in [4.69, 9.17) is 5.11 Å². The van der Waals surface area contributed by atoms with Crippen molar-refractivity contribution >= 4 is 5.97 Å². The average molecular weight is 171 g/mol. The van der Waals surface area contributed by atoms with Crippen molar-refractivity contribution in [3.8, 4) is 0 Å². The Morgan fingerprint density at radius 2 is 2.00 bits per heavy atom. The minimum absolute atomic E-state index is 0.101. The highest BCUT2D eigenvalue weighted by Crippen LogP contribution is 2.32. The Labute approximate surface area is 73.2 Å². The van der Waals surface area contributed by atoms with Gasteiger partial charge in [0.25, 0.3) is 0 Å². The Morgan fingerprint density at radius 3 is 2.33 bits per heavy atom. The third-order valence-corrected chi connectivity index (χ3v) is 2.48. The molecule has 70 valence electrons. The third-order valence-electron chi connectivity index (χ3n) is 2.48. The van der Waals surface area contributed by atoms with Gasteiger partial charge in [-0.2, -0.15) is 0 Å². The maximum Gasteiger partial charge on any atom is 0.305 e. The van der Waals surface area contributed by atoms with Gasteiger partial charge < -0.3 is 10.4 Å². The van der Waals surface area contributed by atoms with Gasteiger partial charge in [0.05, 0.1) is 6.42 Å². The van der Waals surface area contributed by atoms with Crippen LogP contribution in [-0.2, 0) is 4.79 Å². The monoisotopic (exact) mass is 171 g/mol. The van der Waals surface area contributed by atoms with Gasteiger partial charge in [-0.05, 0) is 33.6 Å². The van der Waals surface area contributed by atoms with Gasteiger partial charge >= 0.3 is 5.97 Å². The van der Waals surface area contributed by atoms with E-state index in [1.807, 2.05) is 6.92 Å². The highest BCUT2D eigenvalue weighted by molar-refractivity contribution is 5.68. The predicted octanol–water partition coefficient (Wildman–Crippen LogP) is 1.38. The summed E-state index contributed by atoms with van der Waals surface area (Å²) in [6.45, 7) is 6.20. The summed E-state index contributed by atoms with van der Waals surface area (Å²) < 4.78 is 0. The molecule has 1 aliphatic heterocycles. The number of nitrogens with one attached hydrogen (secondary N) is 1. The summed E-state index contributed by atoms with van der Waals surface area (Å²) in [7, 11) is 0. The molecular formula is C9H17NO2. The van der Waals surface area contributed by atoms with Crippen LogP contribution in [-0.4, -0.2) is 22.2 Å². The molecule has 0 aromatic carbocycles. The fourth-order valence-electron chi connectivity index (χ4n) is 2.00. The summed E-state index contributed by atoms with van der Waals surface area (Å²) in [5, 5.41) is 12.0. The van der Waals surface area contributed by atoms with E-state index >= 15 is 0 Å². The van der Waals surface area contributed by atoms with Crippen LogP contribution in [0.4, 0.5) is 0 Å². The number of carbonyl (C=O) groups is 1. The van der Waals surface area contributed by atoms with Crippen LogP contribution in [0.5, 0.6) is 0 Å². The molecule has 3 heteroatoms. The highest BCUT2D eigenvalue weighted by atomic mass is 16.4. The van der Waals surface area contributed by atoms with E-state index < -0.39 is 5.97 Å². The van der Waals surface area contributed by atoms with Crippen LogP contribution in [0.3, 0.4) is 0 Å². The zero-order valence-electron chi connectivity index (χ0n) is 7.98. The second-order valence-corrected chi connectivity index (χ2v) is 4.64. The first-order chi connectivity index (χ1) is 5.33. The van der Waals surface area contributed by atoms with Gasteiger partial charge in [-0.3, -0.25) is 4.79 Å². The minimum atomic E-state index is -0.720. The van der Waals surface area contributed by atoms with Crippen molar-refractivity contribution in [2.45, 2.75) is 51.1 Å². The van der Waals surface area contributed by atoms with E-state index in [0.29, 0.717) is 0 Å². The summed E-state index contributed by atoms with van der Waals surface area (Å²) >= 11 is 0. The molecule has 1 fully saturated rings. The predicted molar refractivity (Wildman–Crippen MR) is 47.1 cm³/mol. The van der Waals surface area contributed by atoms with Gasteiger partial charge in [0.15, 0.2) is 0 Å². The molecule has 0 aliphatic carbocycles. The number of hydrogen-bond donors (Lipinski definition) is 2. The molecule has 12 heavy (non-hydrogen) atoms. The molecule has 1 aliphatic rings. The molecule has 1 heterocycles. The van der Waals surface area contributed by atoms with Crippen molar-refractivity contribution in [3.05, 3.63) is 0 Å². The molecule has 0 saturated carbocycles. The third kappa shape index (κ3) is 2.21. The lowest BCUT2D eigenvalue weighted by molar-refractivity contribution is -0.138. The van der Waals surface area contributed by atoms with Crippen molar-refractivity contribution < 1.29 is 9.90 Å². The maximum absolute atomic E-state index is 10.5. The van der Waals surface area contributed by atoms with Crippen LogP contribution in [0, 0.1) is 0 Å². The van der Waals surface area contributed by atoms with Crippen molar-refractivity contribution in [2.75, 3.05) is 0 Å². The lowest BCUT2D eigenvalue weighted by Gasteiger charge is -2.27. The first-order valence-electron chi connectivity index (χ1n) is 4.34. The van der Waals surface area contributed by atoms with Crippen LogP contribution >= 0.6 is 0 Å². The van der Waals surface area contributed by atoms with E-state index in [1.165, 1.54) is 0 Å². The smallest absolute Gasteiger partial charge is 0.305 e. The zero-order valence-corrected chi connectivity index (χ0v) is 7.98. The molecule has 0 amide bonds. The average Bonchev–Trinajstić information content (AvgIpc) is 2.03. The van der Waals surface area contributed by atoms with Gasteiger partial charge in [0, 0.05) is 11.1 Å². The number of rotatable bonds is 2. The Kier molecular flexibility index (Phi) is 2.17. The summed E-state index contributed by atoms with van der Waals surface area (Å²) in [5.74, 6) is -0.720. The molecule has 3 nitrogen and oxygen atoms in total. The van der Waals surface area contributed by atoms with E-state index in [0.717, 1.165) is 12.8 Å². The molecule has 1 rings (SSSR count). The SMILES string of the molecule is CC1(C)CC[C@](C)(CC(=O)O)N1. The van der Waals surface area contributed by atoms with E-state index in [2.05, 4.69) is 19.2 Å². The number of carboxylic acid groups (broad SMARTS) is 1. The lowest BCUT2D eigenvalue weighted by atomic mass is 9.96. The fraction of sp³-hybridized carbons (Fsp3) is 0.889. The molecule has 1 atom stereocenters. The quantitative estimate of drug-likeness (QED) is 0.660. The summed E-state index contributed by atoms with van der Waals surface area (Å²) in [4.78, 5) is 10.5. The maximum atomic E-state index is 10.5. The van der Waals surface area contributed by atoms with Gasteiger partial charge in [-0.15, -0.1) is 0 Å². The largest absolute Gasteiger partial charge is 0.481 e. The normalized spacial score (nSPS) is 33.6. The second-order valence-electron chi connectivity index (χ2n) is 4.64. The Balaban J connectivity index is 2.58. The Hall–Kier alpha value is -0.570. The second kappa shape index (κ2) is 2.73. The summed E-state index contributed by atoms with van der Waals surface area (Å²) in [6, 6.07) is 0. The van der Waals surface area contributed by atoms with Crippen molar-refractivity contribution in [1.82, 2.24) is 5.32 Å². The molecule has 0 bridgehead atoms. The van der Waals surface area contributed by atoms with E-state index in [1.54, 1.807) is 0 Å². The fourth-order valence-corrected chi connectivity index (χ4v) is 2.00. The van der Waals surface area contributed by atoms with Crippen LogP contribution < -0.4 is 5.32 Å². The molecule has 0 unspecified atom stereocenters. The molecular weight excluding hydrogens is 154 g/mol. The van der Waals surface area contributed by atoms with Gasteiger partial charge in [-0.1, -0.05) is 0 Å². The van der Waals surface area contributed by atoms with Crippen molar-refractivity contribution in [3.63, 3.8) is 0 Å². The standard InChI is InChI=1S/C9H17NO2/c1-8(2)4-5-9(3,10-8)6-7(11)12/h10H,4-6H2,1-3H3,(H,11,12)/t9-/m1/s1. The van der Waals surface area contributed by atoms with Crippen LogP contribution in [0.15, 0.2) is 0 Å². The molecule has 2 N–H and O–H groups in total. The highest BCUT2D eigenvalue weighted by Gasteiger charge is 2.39. The Morgan fingerprint density at radius 1 is 1.42 bits per heavy atom. The summed E-state index contributed by atoms with van der Waals surface area (Å²) in [6.07, 6.45) is 2.22. The van der Waals surface area contributed by atoms with E-state index in [-0.39, 0.29) is 17.5 Å². The van der Waals surface area contributed by atoms with Crippen LogP contribution in [0.2, 0.25) is 0 Å². The zero-order chi connectivity index (χ0) is 9.41. The molecule has 0 radical (unpaired) electrons. The lowest BCUT2D eigenvalue weighted by Crippen LogP contribution is -2.46. The molecule has 0 spiro atoms. The van der Waals surface area contributed by atoms with Crippen molar-refractivity contribution in [2.24, 2.45) is 0 Å². The molecule has 1 saturated heterocycles. The molecule has 0 aromatic rings. The number of aliphatic carboxylic acids is 1. The number of carboxylic acids is 1. The topological polar surface area (TPSA) is 49.3 Å². The van der Waals surface area contributed by atoms with Crippen LogP contribution in [0.25, 0.3) is 0 Å². The molecule has 0 aromatic heterocycles. The van der Waals surface area contributed by atoms with Gasteiger partial charge in [0.1, 0.15) is 0 Å². The van der Waals surface area contributed by atoms with Gasteiger partial charge in [0.2, 0.25) is 0 Å².